The number of nitro groups is 1. The summed E-state index contributed by atoms with van der Waals surface area (Å²) in [6.07, 6.45) is -0.0324. The Morgan fingerprint density at radius 1 is 1.06 bits per heavy atom. The smallest absolute Gasteiger partial charge is 0.329 e. The van der Waals surface area contributed by atoms with Gasteiger partial charge < -0.3 is 24.0 Å². The zero-order chi connectivity index (χ0) is 24.3. The molecule has 2 fully saturated rings. The highest BCUT2D eigenvalue weighted by Gasteiger charge is 2.65. The van der Waals surface area contributed by atoms with Crippen molar-refractivity contribution in [1.29, 1.82) is 0 Å². The fourth-order valence-corrected chi connectivity index (χ4v) is 5.20. The zero-order valence-electron chi connectivity index (χ0n) is 19.1. The molecule has 0 bridgehead atoms. The summed E-state index contributed by atoms with van der Waals surface area (Å²) in [5.41, 5.74) is 0.533. The van der Waals surface area contributed by atoms with E-state index in [9.17, 15) is 19.7 Å². The first kappa shape index (κ1) is 22.0. The maximum atomic E-state index is 13.5. The Labute approximate surface area is 196 Å². The van der Waals surface area contributed by atoms with Crippen LogP contribution in [0, 0.1) is 15.5 Å². The molecule has 2 aromatic carbocycles. The summed E-state index contributed by atoms with van der Waals surface area (Å²) < 4.78 is 16.4. The number of carbonyl (C=O) groups excluding carboxylic acids is 2. The van der Waals surface area contributed by atoms with Gasteiger partial charge in [0.05, 0.1) is 18.1 Å². The molecule has 0 radical (unpaired) electrons. The highest BCUT2D eigenvalue weighted by Crippen LogP contribution is 2.48. The molecule has 1 spiro atoms. The number of hydrogen-bond donors (Lipinski definition) is 0. The number of non-ortho nitro benzene ring substituents is 1. The van der Waals surface area contributed by atoms with Crippen molar-refractivity contribution in [1.82, 2.24) is 0 Å². The SMILES string of the molecule is COc1ccc(N2CCN3c4ccc([N+](=O)[O-])cc4CC4(C(=O)OC(C)(C)OC4=O)C3C2)cc1. The van der Waals surface area contributed by atoms with E-state index < -0.39 is 34.1 Å². The number of piperazine rings is 1. The van der Waals surface area contributed by atoms with Crippen molar-refractivity contribution < 1.29 is 28.7 Å². The number of carbonyl (C=O) groups is 2. The lowest BCUT2D eigenvalue weighted by molar-refractivity contribution is -0.384. The zero-order valence-corrected chi connectivity index (χ0v) is 19.1. The molecular formula is C24H25N3O7. The summed E-state index contributed by atoms with van der Waals surface area (Å²) in [6, 6.07) is 11.6. The fourth-order valence-electron chi connectivity index (χ4n) is 5.20. The first-order valence-corrected chi connectivity index (χ1v) is 11.0. The molecule has 3 heterocycles. The monoisotopic (exact) mass is 467 g/mol. The Bertz CT molecular complexity index is 1160. The van der Waals surface area contributed by atoms with E-state index in [1.165, 1.54) is 26.0 Å². The second-order valence-corrected chi connectivity index (χ2v) is 9.25. The summed E-state index contributed by atoms with van der Waals surface area (Å²) in [4.78, 5) is 42.0. The van der Waals surface area contributed by atoms with Gasteiger partial charge in [-0.2, -0.15) is 0 Å². The molecule has 5 rings (SSSR count). The quantitative estimate of drug-likeness (QED) is 0.291. The predicted molar refractivity (Wildman–Crippen MR) is 122 cm³/mol. The Hall–Kier alpha value is -3.82. The van der Waals surface area contributed by atoms with Crippen LogP contribution in [-0.2, 0) is 25.5 Å². The lowest BCUT2D eigenvalue weighted by Gasteiger charge is -2.55. The topological polar surface area (TPSA) is 111 Å². The minimum atomic E-state index is -1.64. The van der Waals surface area contributed by atoms with Crippen molar-refractivity contribution in [2.45, 2.75) is 32.1 Å². The molecular weight excluding hydrogens is 442 g/mol. The standard InChI is InChI=1S/C24H25N3O7/c1-23(2)33-21(28)24(22(29)34-23)13-15-12-17(27(30)31)6-9-19(15)26-11-10-25(14-20(24)26)16-4-7-18(32-3)8-5-16/h4-9,12,20H,10-11,13-14H2,1-3H3. The van der Waals surface area contributed by atoms with Crippen LogP contribution in [0.2, 0.25) is 0 Å². The summed E-state index contributed by atoms with van der Waals surface area (Å²) >= 11 is 0. The van der Waals surface area contributed by atoms with E-state index in [0.29, 0.717) is 25.2 Å². The number of nitrogens with zero attached hydrogens (tertiary/aromatic N) is 3. The number of rotatable bonds is 3. The third-order valence-corrected chi connectivity index (χ3v) is 6.84. The maximum absolute atomic E-state index is 13.5. The van der Waals surface area contributed by atoms with E-state index in [4.69, 9.17) is 14.2 Å². The molecule has 3 aliphatic heterocycles. The van der Waals surface area contributed by atoms with E-state index in [0.717, 1.165) is 17.1 Å². The minimum Gasteiger partial charge on any atom is -0.497 e. The number of anilines is 2. The number of cyclic esters (lactones) is 2. The summed E-state index contributed by atoms with van der Waals surface area (Å²) in [6.45, 7) is 4.53. The summed E-state index contributed by atoms with van der Waals surface area (Å²) in [5.74, 6) is -1.99. The molecule has 0 saturated carbocycles. The van der Waals surface area contributed by atoms with Crippen LogP contribution in [0.4, 0.5) is 17.1 Å². The molecule has 10 heteroatoms. The molecule has 1 atom stereocenters. The summed E-state index contributed by atoms with van der Waals surface area (Å²) in [7, 11) is 1.60. The molecule has 3 aliphatic rings. The molecule has 1 unspecified atom stereocenters. The third kappa shape index (κ3) is 3.32. The minimum absolute atomic E-state index is 0.0324. The lowest BCUT2D eigenvalue weighted by Crippen LogP contribution is -2.71. The van der Waals surface area contributed by atoms with Crippen LogP contribution in [0.3, 0.4) is 0 Å². The van der Waals surface area contributed by atoms with Gasteiger partial charge in [-0.15, -0.1) is 0 Å². The van der Waals surface area contributed by atoms with Crippen molar-refractivity contribution >= 4 is 29.0 Å². The van der Waals surface area contributed by atoms with Gasteiger partial charge in [-0.05, 0) is 35.9 Å². The molecule has 10 nitrogen and oxygen atoms in total. The van der Waals surface area contributed by atoms with Crippen LogP contribution in [0.25, 0.3) is 0 Å². The molecule has 0 N–H and O–H groups in total. The highest BCUT2D eigenvalue weighted by molar-refractivity contribution is 6.04. The lowest BCUT2D eigenvalue weighted by atomic mass is 9.69. The molecule has 0 amide bonds. The van der Waals surface area contributed by atoms with Gasteiger partial charge >= 0.3 is 11.9 Å². The highest BCUT2D eigenvalue weighted by atomic mass is 16.7. The Kier molecular flexibility index (Phi) is 4.92. The molecule has 2 saturated heterocycles. The van der Waals surface area contributed by atoms with Gasteiger partial charge in [0, 0.05) is 63.4 Å². The maximum Gasteiger partial charge on any atom is 0.329 e. The van der Waals surface area contributed by atoms with E-state index in [2.05, 4.69) is 4.90 Å². The molecule has 2 aromatic rings. The first-order valence-electron chi connectivity index (χ1n) is 11.0. The third-order valence-electron chi connectivity index (χ3n) is 6.84. The number of nitro benzene ring substituents is 1. The van der Waals surface area contributed by atoms with Crippen LogP contribution >= 0.6 is 0 Å². The Balaban J connectivity index is 1.59. The number of benzene rings is 2. The van der Waals surface area contributed by atoms with Gasteiger partial charge in [0.2, 0.25) is 0 Å². The normalized spacial score (nSPS) is 22.4. The van der Waals surface area contributed by atoms with E-state index >= 15 is 0 Å². The molecule has 0 aliphatic carbocycles. The van der Waals surface area contributed by atoms with Crippen LogP contribution < -0.4 is 14.5 Å². The number of hydrogen-bond acceptors (Lipinski definition) is 9. The van der Waals surface area contributed by atoms with E-state index in [1.54, 1.807) is 13.2 Å². The molecule has 34 heavy (non-hydrogen) atoms. The van der Waals surface area contributed by atoms with Gasteiger partial charge in [-0.25, -0.2) is 0 Å². The van der Waals surface area contributed by atoms with Crippen LogP contribution in [0.1, 0.15) is 19.4 Å². The second kappa shape index (κ2) is 7.61. The van der Waals surface area contributed by atoms with Gasteiger partial charge in [0.15, 0.2) is 5.41 Å². The van der Waals surface area contributed by atoms with Crippen molar-refractivity contribution in [2.24, 2.45) is 5.41 Å². The molecule has 178 valence electrons. The largest absolute Gasteiger partial charge is 0.497 e. The average molecular weight is 467 g/mol. The van der Waals surface area contributed by atoms with Crippen molar-refractivity contribution in [3.05, 3.63) is 58.1 Å². The number of fused-ring (bicyclic) bond motifs is 4. The Morgan fingerprint density at radius 2 is 1.74 bits per heavy atom. The Morgan fingerprint density at radius 3 is 2.35 bits per heavy atom. The van der Waals surface area contributed by atoms with Crippen LogP contribution in [0.15, 0.2) is 42.5 Å². The van der Waals surface area contributed by atoms with Gasteiger partial charge in [0.1, 0.15) is 5.75 Å². The average Bonchev–Trinajstić information content (AvgIpc) is 2.81. The predicted octanol–water partition coefficient (Wildman–Crippen LogP) is 2.68. The molecule has 0 aromatic heterocycles. The fraction of sp³-hybridized carbons (Fsp3) is 0.417. The van der Waals surface area contributed by atoms with Crippen molar-refractivity contribution in [3.8, 4) is 5.75 Å². The van der Waals surface area contributed by atoms with Crippen LogP contribution in [0.5, 0.6) is 5.75 Å². The number of ether oxygens (including phenoxy) is 3. The number of methoxy groups -OCH3 is 1. The van der Waals surface area contributed by atoms with Gasteiger partial charge in [-0.3, -0.25) is 19.7 Å². The van der Waals surface area contributed by atoms with Crippen molar-refractivity contribution in [3.63, 3.8) is 0 Å². The van der Waals surface area contributed by atoms with Gasteiger partial charge in [-0.1, -0.05) is 0 Å². The van der Waals surface area contributed by atoms with Crippen molar-refractivity contribution in [2.75, 3.05) is 36.5 Å². The van der Waals surface area contributed by atoms with Gasteiger partial charge in [0.25, 0.3) is 11.5 Å². The van der Waals surface area contributed by atoms with Crippen LogP contribution in [-0.4, -0.2) is 55.4 Å². The summed E-state index contributed by atoms with van der Waals surface area (Å²) in [5, 5.41) is 11.4. The number of esters is 2. The van der Waals surface area contributed by atoms with E-state index in [-0.39, 0.29) is 12.1 Å². The van der Waals surface area contributed by atoms with E-state index in [1.807, 2.05) is 29.2 Å². The first-order chi connectivity index (χ1) is 16.1. The second-order valence-electron chi connectivity index (χ2n) is 9.25.